The van der Waals surface area contributed by atoms with Crippen LogP contribution in [0.4, 0.5) is 0 Å². The van der Waals surface area contributed by atoms with Crippen molar-refractivity contribution < 1.29 is 18.3 Å². The van der Waals surface area contributed by atoms with Crippen molar-refractivity contribution >= 4 is 16.0 Å². The fourth-order valence-electron chi connectivity index (χ4n) is 2.06. The van der Waals surface area contributed by atoms with Crippen LogP contribution in [-0.2, 0) is 14.8 Å². The van der Waals surface area contributed by atoms with Crippen molar-refractivity contribution in [1.82, 2.24) is 9.29 Å². The Morgan fingerprint density at radius 1 is 1.39 bits per heavy atom. The van der Waals surface area contributed by atoms with Crippen molar-refractivity contribution in [2.75, 3.05) is 6.54 Å². The maximum atomic E-state index is 12.3. The molecule has 0 aliphatic carbocycles. The summed E-state index contributed by atoms with van der Waals surface area (Å²) < 4.78 is 25.6. The number of piperidine rings is 1. The Labute approximate surface area is 105 Å². The fourth-order valence-corrected chi connectivity index (χ4v) is 3.64. The molecule has 1 aliphatic heterocycles. The van der Waals surface area contributed by atoms with Crippen LogP contribution in [0.2, 0.25) is 0 Å². The summed E-state index contributed by atoms with van der Waals surface area (Å²) in [7, 11) is -3.81. The summed E-state index contributed by atoms with van der Waals surface area (Å²) in [5.74, 6) is -1.10. The second-order valence-corrected chi connectivity index (χ2v) is 5.97. The van der Waals surface area contributed by atoms with Gasteiger partial charge in [0.15, 0.2) is 5.03 Å². The number of aliphatic carboxylic acids is 1. The zero-order valence-corrected chi connectivity index (χ0v) is 10.5. The molecule has 0 amide bonds. The van der Waals surface area contributed by atoms with Crippen LogP contribution in [0, 0.1) is 0 Å². The van der Waals surface area contributed by atoms with Gasteiger partial charge in [-0.2, -0.15) is 4.31 Å². The molecule has 1 fully saturated rings. The van der Waals surface area contributed by atoms with Gasteiger partial charge in [-0.15, -0.1) is 0 Å². The highest BCUT2D eigenvalue weighted by Gasteiger charge is 2.38. The third-order valence-corrected chi connectivity index (χ3v) is 4.77. The molecule has 18 heavy (non-hydrogen) atoms. The van der Waals surface area contributed by atoms with Crippen LogP contribution in [-0.4, -0.2) is 41.4 Å². The molecule has 7 heteroatoms. The minimum atomic E-state index is -3.81. The number of aromatic nitrogens is 1. The van der Waals surface area contributed by atoms with Gasteiger partial charge in [-0.3, -0.25) is 4.79 Å². The smallest absolute Gasteiger partial charge is 0.322 e. The Morgan fingerprint density at radius 2 is 2.17 bits per heavy atom. The van der Waals surface area contributed by atoms with Gasteiger partial charge in [-0.05, 0) is 31.4 Å². The Bertz CT molecular complexity index is 529. The average Bonchev–Trinajstić information content (AvgIpc) is 2.39. The van der Waals surface area contributed by atoms with E-state index < -0.39 is 22.0 Å². The standard InChI is InChI=1S/C11H14N2O4S/c14-11(15)9-5-2-4-8-13(9)18(16,17)10-6-1-3-7-12-10/h1,3,6-7,9H,2,4-5,8H2,(H,14,15). The van der Waals surface area contributed by atoms with Gasteiger partial charge in [-0.1, -0.05) is 6.07 Å². The molecule has 1 unspecified atom stereocenters. The maximum Gasteiger partial charge on any atom is 0.322 e. The first-order valence-corrected chi connectivity index (χ1v) is 7.13. The molecule has 98 valence electrons. The molecule has 1 atom stereocenters. The van der Waals surface area contributed by atoms with Gasteiger partial charge in [-0.25, -0.2) is 13.4 Å². The molecule has 0 aromatic carbocycles. The number of carboxylic acids is 1. The van der Waals surface area contributed by atoms with Gasteiger partial charge >= 0.3 is 5.97 Å². The molecule has 1 saturated heterocycles. The predicted octanol–water partition coefficient (Wildman–Crippen LogP) is 0.709. The number of pyridine rings is 1. The molecule has 1 aliphatic rings. The number of carboxylic acid groups (broad SMARTS) is 1. The zero-order chi connectivity index (χ0) is 13.2. The van der Waals surface area contributed by atoms with E-state index in [0.29, 0.717) is 12.8 Å². The topological polar surface area (TPSA) is 87.6 Å². The summed E-state index contributed by atoms with van der Waals surface area (Å²) in [6.07, 6.45) is 3.13. The second-order valence-electron chi connectivity index (χ2n) is 4.13. The van der Waals surface area contributed by atoms with Crippen LogP contribution in [0.1, 0.15) is 19.3 Å². The highest BCUT2D eigenvalue weighted by atomic mass is 32.2. The quantitative estimate of drug-likeness (QED) is 0.874. The Hall–Kier alpha value is -1.47. The van der Waals surface area contributed by atoms with Crippen molar-refractivity contribution in [2.24, 2.45) is 0 Å². The van der Waals surface area contributed by atoms with Crippen molar-refractivity contribution in [3.8, 4) is 0 Å². The van der Waals surface area contributed by atoms with Crippen molar-refractivity contribution in [2.45, 2.75) is 30.3 Å². The molecule has 1 aromatic rings. The molecule has 2 heterocycles. The Kier molecular flexibility index (Phi) is 3.63. The summed E-state index contributed by atoms with van der Waals surface area (Å²) in [6.45, 7) is 0.232. The third kappa shape index (κ3) is 2.37. The lowest BCUT2D eigenvalue weighted by Gasteiger charge is -2.31. The van der Waals surface area contributed by atoms with E-state index in [4.69, 9.17) is 5.11 Å². The van der Waals surface area contributed by atoms with Gasteiger partial charge in [0.2, 0.25) is 0 Å². The summed E-state index contributed by atoms with van der Waals surface area (Å²) in [5.41, 5.74) is 0. The molecule has 6 nitrogen and oxygen atoms in total. The normalized spacial score (nSPS) is 21.7. The first-order chi connectivity index (χ1) is 8.53. The SMILES string of the molecule is O=C(O)C1CCCCN1S(=O)(=O)c1ccccn1. The summed E-state index contributed by atoms with van der Waals surface area (Å²) in [6, 6.07) is 3.58. The average molecular weight is 270 g/mol. The van der Waals surface area contributed by atoms with Gasteiger partial charge in [0.05, 0.1) is 0 Å². The molecule has 1 N–H and O–H groups in total. The van der Waals surface area contributed by atoms with E-state index in [0.717, 1.165) is 10.7 Å². The molecular weight excluding hydrogens is 256 g/mol. The van der Waals surface area contributed by atoms with E-state index in [1.165, 1.54) is 12.3 Å². The van der Waals surface area contributed by atoms with Gasteiger partial charge in [0.1, 0.15) is 6.04 Å². The Balaban J connectivity index is 2.36. The minimum Gasteiger partial charge on any atom is -0.480 e. The number of sulfonamides is 1. The third-order valence-electron chi connectivity index (χ3n) is 2.95. The molecule has 2 rings (SSSR count). The number of carbonyl (C=O) groups is 1. The van der Waals surface area contributed by atoms with E-state index in [1.807, 2.05) is 0 Å². The van der Waals surface area contributed by atoms with E-state index in [-0.39, 0.29) is 11.6 Å². The zero-order valence-electron chi connectivity index (χ0n) is 9.69. The van der Waals surface area contributed by atoms with Gasteiger partial charge in [0.25, 0.3) is 10.0 Å². The monoisotopic (exact) mass is 270 g/mol. The van der Waals surface area contributed by atoms with Crippen LogP contribution in [0.3, 0.4) is 0 Å². The van der Waals surface area contributed by atoms with E-state index in [9.17, 15) is 13.2 Å². The highest BCUT2D eigenvalue weighted by molar-refractivity contribution is 7.89. The summed E-state index contributed by atoms with van der Waals surface area (Å²) in [4.78, 5) is 14.9. The molecule has 0 saturated carbocycles. The van der Waals surface area contributed by atoms with Crippen LogP contribution >= 0.6 is 0 Å². The van der Waals surface area contributed by atoms with Crippen molar-refractivity contribution in [3.05, 3.63) is 24.4 Å². The minimum absolute atomic E-state index is 0.0989. The van der Waals surface area contributed by atoms with Gasteiger partial charge < -0.3 is 5.11 Å². The van der Waals surface area contributed by atoms with Crippen LogP contribution in [0.25, 0.3) is 0 Å². The van der Waals surface area contributed by atoms with Crippen molar-refractivity contribution in [1.29, 1.82) is 0 Å². The number of nitrogens with zero attached hydrogens (tertiary/aromatic N) is 2. The van der Waals surface area contributed by atoms with E-state index in [1.54, 1.807) is 12.1 Å². The number of hydrogen-bond acceptors (Lipinski definition) is 4. The lowest BCUT2D eigenvalue weighted by atomic mass is 10.1. The molecule has 0 bridgehead atoms. The molecule has 0 radical (unpaired) electrons. The van der Waals surface area contributed by atoms with Crippen LogP contribution in [0.15, 0.2) is 29.4 Å². The highest BCUT2D eigenvalue weighted by Crippen LogP contribution is 2.24. The van der Waals surface area contributed by atoms with Gasteiger partial charge in [0, 0.05) is 12.7 Å². The summed E-state index contributed by atoms with van der Waals surface area (Å²) in [5, 5.41) is 8.99. The summed E-state index contributed by atoms with van der Waals surface area (Å²) >= 11 is 0. The van der Waals surface area contributed by atoms with Crippen LogP contribution < -0.4 is 0 Å². The van der Waals surface area contributed by atoms with Crippen LogP contribution in [0.5, 0.6) is 0 Å². The fraction of sp³-hybridized carbons (Fsp3) is 0.455. The number of hydrogen-bond donors (Lipinski definition) is 1. The second kappa shape index (κ2) is 5.03. The molecule has 1 aromatic heterocycles. The van der Waals surface area contributed by atoms with E-state index >= 15 is 0 Å². The first-order valence-electron chi connectivity index (χ1n) is 5.69. The lowest BCUT2D eigenvalue weighted by molar-refractivity contribution is -0.142. The molecule has 0 spiro atoms. The Morgan fingerprint density at radius 3 is 2.78 bits per heavy atom. The lowest BCUT2D eigenvalue weighted by Crippen LogP contribution is -2.48. The van der Waals surface area contributed by atoms with E-state index in [2.05, 4.69) is 4.98 Å². The molecular formula is C11H14N2O4S. The maximum absolute atomic E-state index is 12.3. The largest absolute Gasteiger partial charge is 0.480 e. The predicted molar refractivity (Wildman–Crippen MR) is 63.4 cm³/mol. The first kappa shape index (κ1) is 13.0. The number of rotatable bonds is 3. The van der Waals surface area contributed by atoms with Crippen molar-refractivity contribution in [3.63, 3.8) is 0 Å².